The summed E-state index contributed by atoms with van der Waals surface area (Å²) in [4.78, 5) is 13.2. The van der Waals surface area contributed by atoms with Crippen LogP contribution in [0.1, 0.15) is 5.69 Å². The van der Waals surface area contributed by atoms with Crippen molar-refractivity contribution in [1.82, 2.24) is 20.3 Å². The molecular formula is C19H20N6O3S. The fraction of sp³-hybridized carbons (Fsp3) is 0.158. The van der Waals surface area contributed by atoms with Crippen LogP contribution < -0.4 is 14.8 Å². The molecule has 2 heterocycles. The zero-order chi connectivity index (χ0) is 21.0. The van der Waals surface area contributed by atoms with Crippen molar-refractivity contribution in [3.63, 3.8) is 0 Å². The first-order valence-corrected chi connectivity index (χ1v) is 10.4. The molecule has 3 rings (SSSR count). The molecule has 9 nitrogen and oxygen atoms in total. The smallest absolute Gasteiger partial charge is 0.238 e. The standard InChI is InChI=1S/C19H20N6O3S/c1-21-9-14(8-20)18-11-22-15-5-4-12(6-16(15)24-18)13-7-17(25-29(3,26)27)19(28-2)23-10-13/h4-11,20-21,25H,1-3H3/b14-9+,20-8?. The average Bonchev–Trinajstić information content (AvgIpc) is 2.70. The molecule has 0 saturated heterocycles. The fourth-order valence-corrected chi connectivity index (χ4v) is 3.27. The Balaban J connectivity index is 2.09. The van der Waals surface area contributed by atoms with Crippen molar-refractivity contribution < 1.29 is 13.2 Å². The monoisotopic (exact) mass is 412 g/mol. The average molecular weight is 412 g/mol. The minimum absolute atomic E-state index is 0.176. The molecule has 150 valence electrons. The number of allylic oxidation sites excluding steroid dienone is 1. The van der Waals surface area contributed by atoms with Crippen LogP contribution in [0.25, 0.3) is 27.7 Å². The maximum Gasteiger partial charge on any atom is 0.238 e. The summed E-state index contributed by atoms with van der Waals surface area (Å²) < 4.78 is 30.8. The van der Waals surface area contributed by atoms with E-state index in [0.717, 1.165) is 11.8 Å². The van der Waals surface area contributed by atoms with Gasteiger partial charge in [0.05, 0.1) is 36.3 Å². The minimum Gasteiger partial charge on any atom is -0.480 e. The molecule has 0 amide bonds. The SMILES string of the molecule is CN/C=C(\C=N)c1cnc2ccc(-c3cnc(OC)c(NS(C)(=O)=O)c3)cc2n1. The van der Waals surface area contributed by atoms with E-state index in [0.29, 0.717) is 27.9 Å². The number of hydrogen-bond donors (Lipinski definition) is 3. The second kappa shape index (κ2) is 8.23. The Bertz CT molecular complexity index is 1210. The summed E-state index contributed by atoms with van der Waals surface area (Å²) in [6.07, 6.45) is 7.13. The van der Waals surface area contributed by atoms with Crippen LogP contribution in [0.5, 0.6) is 5.88 Å². The van der Waals surface area contributed by atoms with Crippen LogP contribution >= 0.6 is 0 Å². The third kappa shape index (κ3) is 4.66. The van der Waals surface area contributed by atoms with Crippen LogP contribution in [0.15, 0.2) is 42.9 Å². The van der Waals surface area contributed by atoms with Crippen molar-refractivity contribution in [2.45, 2.75) is 0 Å². The summed E-state index contributed by atoms with van der Waals surface area (Å²) in [7, 11) is -0.329. The van der Waals surface area contributed by atoms with Crippen LogP contribution in [0.3, 0.4) is 0 Å². The first kappa shape index (κ1) is 20.2. The lowest BCUT2D eigenvalue weighted by Gasteiger charge is -2.11. The van der Waals surface area contributed by atoms with Gasteiger partial charge in [0, 0.05) is 36.8 Å². The highest BCUT2D eigenvalue weighted by atomic mass is 32.2. The van der Waals surface area contributed by atoms with E-state index in [4.69, 9.17) is 10.1 Å². The van der Waals surface area contributed by atoms with Gasteiger partial charge in [0.1, 0.15) is 5.69 Å². The van der Waals surface area contributed by atoms with Crippen LogP contribution in [-0.2, 0) is 10.0 Å². The largest absolute Gasteiger partial charge is 0.480 e. The van der Waals surface area contributed by atoms with E-state index in [2.05, 4.69) is 25.0 Å². The highest BCUT2D eigenvalue weighted by Gasteiger charge is 2.12. The number of hydrogen-bond acceptors (Lipinski definition) is 8. The number of sulfonamides is 1. The van der Waals surface area contributed by atoms with Gasteiger partial charge in [0.25, 0.3) is 0 Å². The number of rotatable bonds is 7. The number of pyridine rings is 1. The highest BCUT2D eigenvalue weighted by Crippen LogP contribution is 2.30. The van der Waals surface area contributed by atoms with Crippen LogP contribution in [-0.4, -0.2) is 50.0 Å². The maximum atomic E-state index is 11.6. The van der Waals surface area contributed by atoms with Crippen molar-refractivity contribution in [1.29, 1.82) is 5.41 Å². The van der Waals surface area contributed by atoms with E-state index in [-0.39, 0.29) is 11.6 Å². The molecule has 0 aliphatic carbocycles. The van der Waals surface area contributed by atoms with E-state index in [1.165, 1.54) is 13.3 Å². The third-order valence-corrected chi connectivity index (χ3v) is 4.56. The number of nitrogens with zero attached hydrogens (tertiary/aromatic N) is 3. The normalized spacial score (nSPS) is 11.9. The summed E-state index contributed by atoms with van der Waals surface area (Å²) in [5, 5.41) is 10.4. The fourth-order valence-electron chi connectivity index (χ4n) is 2.72. The zero-order valence-corrected chi connectivity index (χ0v) is 16.9. The number of methoxy groups -OCH3 is 1. The van der Waals surface area contributed by atoms with Gasteiger partial charge in [-0.3, -0.25) is 9.71 Å². The molecule has 29 heavy (non-hydrogen) atoms. The van der Waals surface area contributed by atoms with Gasteiger partial charge in [-0.2, -0.15) is 0 Å². The van der Waals surface area contributed by atoms with Gasteiger partial charge in [-0.25, -0.2) is 18.4 Å². The molecule has 0 fully saturated rings. The second-order valence-corrected chi connectivity index (χ2v) is 7.89. The predicted molar refractivity (Wildman–Crippen MR) is 114 cm³/mol. The third-order valence-electron chi connectivity index (χ3n) is 3.97. The van der Waals surface area contributed by atoms with E-state index >= 15 is 0 Å². The Labute approximate surface area is 168 Å². The molecule has 0 spiro atoms. The molecule has 10 heteroatoms. The molecule has 1 aromatic carbocycles. The Morgan fingerprint density at radius 1 is 1.14 bits per heavy atom. The second-order valence-electron chi connectivity index (χ2n) is 6.15. The highest BCUT2D eigenvalue weighted by molar-refractivity contribution is 7.92. The molecule has 2 aromatic heterocycles. The van der Waals surface area contributed by atoms with Crippen LogP contribution in [0, 0.1) is 5.41 Å². The van der Waals surface area contributed by atoms with Crippen LogP contribution in [0.2, 0.25) is 0 Å². The molecular weight excluding hydrogens is 392 g/mol. The maximum absolute atomic E-state index is 11.6. The number of aromatic nitrogens is 3. The van der Waals surface area contributed by atoms with Gasteiger partial charge >= 0.3 is 0 Å². The Morgan fingerprint density at radius 2 is 1.93 bits per heavy atom. The summed E-state index contributed by atoms with van der Waals surface area (Å²) in [5.41, 5.74) is 4.20. The number of benzene rings is 1. The van der Waals surface area contributed by atoms with Gasteiger partial charge in [-0.15, -0.1) is 0 Å². The Kier molecular flexibility index (Phi) is 5.74. The van der Waals surface area contributed by atoms with Crippen molar-refractivity contribution in [2.75, 3.05) is 25.1 Å². The van der Waals surface area contributed by atoms with E-state index in [9.17, 15) is 8.42 Å². The summed E-state index contributed by atoms with van der Waals surface area (Å²) in [5.74, 6) is 0.176. The number of ether oxygens (including phenoxy) is 1. The zero-order valence-electron chi connectivity index (χ0n) is 16.1. The number of fused-ring (bicyclic) bond motifs is 1. The molecule has 0 radical (unpaired) electrons. The first-order chi connectivity index (χ1) is 13.8. The summed E-state index contributed by atoms with van der Waals surface area (Å²) >= 11 is 0. The van der Waals surface area contributed by atoms with Gasteiger partial charge in [-0.1, -0.05) is 6.07 Å². The lowest BCUT2D eigenvalue weighted by molar-refractivity contribution is 0.400. The van der Waals surface area contributed by atoms with Gasteiger partial charge in [0.15, 0.2) is 0 Å². The molecule has 0 bridgehead atoms. The van der Waals surface area contributed by atoms with E-state index in [1.54, 1.807) is 31.7 Å². The molecule has 0 unspecified atom stereocenters. The Morgan fingerprint density at radius 3 is 2.59 bits per heavy atom. The van der Waals surface area contributed by atoms with Crippen molar-refractivity contribution in [2.24, 2.45) is 0 Å². The number of nitrogens with one attached hydrogen (secondary N) is 3. The number of anilines is 1. The molecule has 3 N–H and O–H groups in total. The Hall–Kier alpha value is -3.53. The predicted octanol–water partition coefficient (Wildman–Crippen LogP) is 2.28. The van der Waals surface area contributed by atoms with Gasteiger partial charge in [0.2, 0.25) is 15.9 Å². The van der Waals surface area contributed by atoms with Crippen molar-refractivity contribution in [3.05, 3.63) is 48.6 Å². The van der Waals surface area contributed by atoms with Crippen LogP contribution in [0.4, 0.5) is 5.69 Å². The lowest BCUT2D eigenvalue weighted by Crippen LogP contribution is -2.11. The van der Waals surface area contributed by atoms with Gasteiger partial charge in [-0.05, 0) is 23.8 Å². The van der Waals surface area contributed by atoms with Crippen molar-refractivity contribution >= 4 is 38.5 Å². The van der Waals surface area contributed by atoms with E-state index < -0.39 is 10.0 Å². The summed E-state index contributed by atoms with van der Waals surface area (Å²) in [6, 6.07) is 7.16. The molecule has 0 aliphatic rings. The summed E-state index contributed by atoms with van der Waals surface area (Å²) in [6.45, 7) is 0. The van der Waals surface area contributed by atoms with E-state index in [1.807, 2.05) is 18.2 Å². The minimum atomic E-state index is -3.49. The first-order valence-electron chi connectivity index (χ1n) is 8.52. The molecule has 0 atom stereocenters. The molecule has 3 aromatic rings. The quantitative estimate of drug-likeness (QED) is 0.508. The van der Waals surface area contributed by atoms with Crippen molar-refractivity contribution in [3.8, 4) is 17.0 Å². The topological polar surface area (TPSA) is 130 Å². The van der Waals surface area contributed by atoms with Gasteiger partial charge < -0.3 is 15.5 Å². The lowest BCUT2D eigenvalue weighted by atomic mass is 10.1. The molecule has 0 aliphatic heterocycles. The molecule has 0 saturated carbocycles.